The third-order valence-electron chi connectivity index (χ3n) is 2.85. The van der Waals surface area contributed by atoms with Gasteiger partial charge in [-0.2, -0.15) is 0 Å². The third kappa shape index (κ3) is 1.08. The Morgan fingerprint density at radius 2 is 2.27 bits per heavy atom. The first kappa shape index (κ1) is 7.53. The van der Waals surface area contributed by atoms with E-state index in [9.17, 15) is 4.79 Å². The number of alkyl halides is 1. The van der Waals surface area contributed by atoms with Crippen molar-refractivity contribution >= 4 is 22.2 Å². The molecule has 1 nitrogen and oxygen atoms in total. The number of rotatable bonds is 1. The molecule has 3 atom stereocenters. The van der Waals surface area contributed by atoms with Gasteiger partial charge in [0, 0.05) is 0 Å². The minimum absolute atomic E-state index is 0.218. The number of aldehydes is 1. The minimum Gasteiger partial charge on any atom is -0.302 e. The average molecular weight is 215 g/mol. The van der Waals surface area contributed by atoms with Gasteiger partial charge in [0.05, 0.1) is 4.32 Å². The van der Waals surface area contributed by atoms with Gasteiger partial charge >= 0.3 is 0 Å². The van der Waals surface area contributed by atoms with Crippen LogP contribution in [0.25, 0.3) is 0 Å². The molecule has 0 aromatic rings. The molecule has 0 N–H and O–H groups in total. The summed E-state index contributed by atoms with van der Waals surface area (Å²) in [6, 6.07) is 0. The zero-order valence-corrected chi connectivity index (χ0v) is 7.88. The normalized spacial score (nSPS) is 47.7. The van der Waals surface area contributed by atoms with Crippen molar-refractivity contribution in [3.05, 3.63) is 12.2 Å². The van der Waals surface area contributed by atoms with E-state index in [4.69, 9.17) is 0 Å². The van der Waals surface area contributed by atoms with Crippen LogP contribution >= 0.6 is 15.9 Å². The summed E-state index contributed by atoms with van der Waals surface area (Å²) < 4.78 is -0.218. The summed E-state index contributed by atoms with van der Waals surface area (Å²) in [5.41, 5.74) is 0. The predicted molar refractivity (Wildman–Crippen MR) is 47.7 cm³/mol. The molecule has 0 saturated heterocycles. The summed E-state index contributed by atoms with van der Waals surface area (Å²) in [7, 11) is 0. The van der Waals surface area contributed by atoms with E-state index < -0.39 is 0 Å². The van der Waals surface area contributed by atoms with Gasteiger partial charge in [-0.25, -0.2) is 0 Å². The molecular formula is C9H11BrO. The number of halogens is 1. The quantitative estimate of drug-likeness (QED) is 0.372. The zero-order valence-electron chi connectivity index (χ0n) is 6.29. The molecule has 0 aromatic carbocycles. The average Bonchev–Trinajstić information content (AvgIpc) is 2.06. The molecule has 0 amide bonds. The van der Waals surface area contributed by atoms with Crippen molar-refractivity contribution < 1.29 is 4.79 Å². The molecule has 3 unspecified atom stereocenters. The van der Waals surface area contributed by atoms with Gasteiger partial charge in [0.2, 0.25) is 0 Å². The van der Waals surface area contributed by atoms with Crippen LogP contribution in [0.1, 0.15) is 19.3 Å². The third-order valence-corrected chi connectivity index (χ3v) is 3.95. The summed E-state index contributed by atoms with van der Waals surface area (Å²) in [5.74, 6) is 1.09. The van der Waals surface area contributed by atoms with Gasteiger partial charge in [-0.3, -0.25) is 0 Å². The molecule has 0 radical (unpaired) electrons. The van der Waals surface area contributed by atoms with Gasteiger partial charge in [-0.05, 0) is 31.1 Å². The standard InChI is InChI=1S/C9H11BrO/c10-9(6-11)5-7-1-3-8(9)4-2-7/h1,3,6-8H,2,4-5H2. The summed E-state index contributed by atoms with van der Waals surface area (Å²) in [5, 5.41) is 0. The minimum atomic E-state index is -0.218. The van der Waals surface area contributed by atoms with Crippen LogP contribution in [0.5, 0.6) is 0 Å². The van der Waals surface area contributed by atoms with E-state index in [1.807, 2.05) is 0 Å². The topological polar surface area (TPSA) is 17.1 Å². The van der Waals surface area contributed by atoms with Crippen LogP contribution in [0.2, 0.25) is 0 Å². The van der Waals surface area contributed by atoms with Crippen LogP contribution < -0.4 is 0 Å². The Morgan fingerprint density at radius 3 is 2.55 bits per heavy atom. The maximum absolute atomic E-state index is 10.8. The Bertz CT molecular complexity index is 212. The molecule has 3 aliphatic carbocycles. The Kier molecular flexibility index (Phi) is 1.67. The highest BCUT2D eigenvalue weighted by atomic mass is 79.9. The van der Waals surface area contributed by atoms with E-state index in [1.54, 1.807) is 0 Å². The van der Waals surface area contributed by atoms with Crippen molar-refractivity contribution in [1.82, 2.24) is 0 Å². The fourth-order valence-electron chi connectivity index (χ4n) is 2.14. The van der Waals surface area contributed by atoms with Crippen LogP contribution in [0.3, 0.4) is 0 Å². The monoisotopic (exact) mass is 214 g/mol. The molecule has 60 valence electrons. The summed E-state index contributed by atoms with van der Waals surface area (Å²) in [6.45, 7) is 0. The number of fused-ring (bicyclic) bond motifs is 2. The van der Waals surface area contributed by atoms with Crippen LogP contribution in [-0.4, -0.2) is 10.6 Å². The first-order valence-electron chi connectivity index (χ1n) is 4.08. The second-order valence-corrected chi connectivity index (χ2v) is 5.05. The maximum atomic E-state index is 10.8. The molecule has 1 fully saturated rings. The lowest BCUT2D eigenvalue weighted by Gasteiger charge is -2.41. The number of hydrogen-bond donors (Lipinski definition) is 0. The summed E-state index contributed by atoms with van der Waals surface area (Å²) in [4.78, 5) is 10.8. The smallest absolute Gasteiger partial charge is 0.137 e. The van der Waals surface area contributed by atoms with Crippen LogP contribution in [0, 0.1) is 11.8 Å². The molecular weight excluding hydrogens is 204 g/mol. The first-order valence-corrected chi connectivity index (χ1v) is 4.87. The summed E-state index contributed by atoms with van der Waals surface area (Å²) in [6.07, 6.45) is 8.97. The zero-order chi connectivity index (χ0) is 7.90. The summed E-state index contributed by atoms with van der Waals surface area (Å²) >= 11 is 3.53. The molecule has 0 aromatic heterocycles. The van der Waals surface area contributed by atoms with Crippen LogP contribution in [0.15, 0.2) is 12.2 Å². The molecule has 11 heavy (non-hydrogen) atoms. The van der Waals surface area contributed by atoms with E-state index in [0.29, 0.717) is 11.8 Å². The molecule has 1 saturated carbocycles. The lowest BCUT2D eigenvalue weighted by atomic mass is 9.69. The van der Waals surface area contributed by atoms with E-state index >= 15 is 0 Å². The molecule has 0 heterocycles. The molecule has 2 bridgehead atoms. The van der Waals surface area contributed by atoms with Gasteiger partial charge in [0.25, 0.3) is 0 Å². The highest BCUT2D eigenvalue weighted by molar-refractivity contribution is 9.10. The Hall–Kier alpha value is -0.110. The van der Waals surface area contributed by atoms with Gasteiger partial charge in [0.15, 0.2) is 0 Å². The number of allylic oxidation sites excluding steroid dienone is 2. The van der Waals surface area contributed by atoms with Gasteiger partial charge in [0.1, 0.15) is 6.29 Å². The maximum Gasteiger partial charge on any atom is 0.137 e. The van der Waals surface area contributed by atoms with Crippen molar-refractivity contribution in [2.24, 2.45) is 11.8 Å². The first-order chi connectivity index (χ1) is 5.24. The highest BCUT2D eigenvalue weighted by Gasteiger charge is 2.42. The van der Waals surface area contributed by atoms with Crippen molar-refractivity contribution in [3.63, 3.8) is 0 Å². The Labute approximate surface area is 75.0 Å². The lowest BCUT2D eigenvalue weighted by Crippen LogP contribution is -2.41. The van der Waals surface area contributed by atoms with E-state index in [2.05, 4.69) is 28.1 Å². The van der Waals surface area contributed by atoms with Crippen molar-refractivity contribution in [1.29, 1.82) is 0 Å². The SMILES string of the molecule is O=CC1(Br)CC2C=CC1CC2. The fourth-order valence-corrected chi connectivity index (χ4v) is 2.93. The molecule has 3 aliphatic rings. The van der Waals surface area contributed by atoms with E-state index in [-0.39, 0.29) is 4.32 Å². The molecule has 3 rings (SSSR count). The van der Waals surface area contributed by atoms with E-state index in [0.717, 1.165) is 12.7 Å². The van der Waals surface area contributed by atoms with Crippen LogP contribution in [-0.2, 0) is 4.79 Å². The second-order valence-electron chi connectivity index (χ2n) is 3.58. The molecule has 0 spiro atoms. The number of hydrogen-bond acceptors (Lipinski definition) is 1. The Balaban J connectivity index is 2.29. The van der Waals surface area contributed by atoms with Crippen molar-refractivity contribution in [2.75, 3.05) is 0 Å². The lowest BCUT2D eigenvalue weighted by molar-refractivity contribution is -0.111. The van der Waals surface area contributed by atoms with Gasteiger partial charge in [-0.1, -0.05) is 28.1 Å². The Morgan fingerprint density at radius 1 is 1.45 bits per heavy atom. The van der Waals surface area contributed by atoms with Crippen molar-refractivity contribution in [3.8, 4) is 0 Å². The highest BCUT2D eigenvalue weighted by Crippen LogP contribution is 2.46. The predicted octanol–water partition coefficient (Wildman–Crippen LogP) is 2.31. The van der Waals surface area contributed by atoms with Gasteiger partial charge in [-0.15, -0.1) is 0 Å². The number of carbonyl (C=O) groups is 1. The van der Waals surface area contributed by atoms with Crippen molar-refractivity contribution in [2.45, 2.75) is 23.6 Å². The largest absolute Gasteiger partial charge is 0.302 e. The fraction of sp³-hybridized carbons (Fsp3) is 0.667. The van der Waals surface area contributed by atoms with E-state index in [1.165, 1.54) is 12.8 Å². The van der Waals surface area contributed by atoms with Crippen LogP contribution in [0.4, 0.5) is 0 Å². The molecule has 0 aliphatic heterocycles. The molecule has 2 heteroatoms. The van der Waals surface area contributed by atoms with Gasteiger partial charge < -0.3 is 4.79 Å². The number of carbonyl (C=O) groups excluding carboxylic acids is 1. The second kappa shape index (κ2) is 2.44.